The summed E-state index contributed by atoms with van der Waals surface area (Å²) in [4.78, 5) is 26.3. The second-order valence-corrected chi connectivity index (χ2v) is 6.86. The molecule has 25 heavy (non-hydrogen) atoms. The van der Waals surface area contributed by atoms with Crippen molar-refractivity contribution in [3.8, 4) is 0 Å². The van der Waals surface area contributed by atoms with E-state index in [9.17, 15) is 9.59 Å². The number of rotatable bonds is 5. The van der Waals surface area contributed by atoms with Gasteiger partial charge in [-0.1, -0.05) is 46.3 Å². The summed E-state index contributed by atoms with van der Waals surface area (Å²) < 4.78 is 10.6. The largest absolute Gasteiger partial charge is 0.469 e. The van der Waals surface area contributed by atoms with Gasteiger partial charge in [-0.15, -0.1) is 0 Å². The zero-order valence-corrected chi connectivity index (χ0v) is 16.1. The van der Waals surface area contributed by atoms with Crippen LogP contribution in [0.25, 0.3) is 10.8 Å². The molecule has 0 saturated carbocycles. The number of carbonyl (C=O) groups excluding carboxylic acids is 2. The van der Waals surface area contributed by atoms with Crippen LogP contribution in [0.4, 0.5) is 5.69 Å². The Morgan fingerprint density at radius 1 is 1.20 bits per heavy atom. The van der Waals surface area contributed by atoms with E-state index in [1.165, 1.54) is 14.2 Å². The molecule has 0 radical (unpaired) electrons. The average Bonchev–Trinajstić information content (AvgIpc) is 2.91. The van der Waals surface area contributed by atoms with Gasteiger partial charge in [-0.25, -0.2) is 4.79 Å². The topological polar surface area (TPSA) is 55.8 Å². The minimum Gasteiger partial charge on any atom is -0.469 e. The lowest BCUT2D eigenvalue weighted by molar-refractivity contribution is -0.143. The second-order valence-electron chi connectivity index (χ2n) is 5.62. The smallest absolute Gasteiger partial charge is 0.328 e. The Morgan fingerprint density at radius 3 is 2.64 bits per heavy atom. The van der Waals surface area contributed by atoms with Gasteiger partial charge in [-0.2, -0.15) is 0 Å². The molecule has 130 valence electrons. The highest BCUT2D eigenvalue weighted by Crippen LogP contribution is 2.42. The first-order valence-electron chi connectivity index (χ1n) is 7.69. The Hall–Kier alpha value is -1.99. The summed E-state index contributed by atoms with van der Waals surface area (Å²) >= 11 is 9.20. The van der Waals surface area contributed by atoms with Gasteiger partial charge in [0.1, 0.15) is 11.0 Å². The van der Waals surface area contributed by atoms with Gasteiger partial charge in [0, 0.05) is 21.8 Å². The summed E-state index contributed by atoms with van der Waals surface area (Å²) in [5, 5.41) is 2.02. The fourth-order valence-corrected chi connectivity index (χ4v) is 3.98. The number of carbonyl (C=O) groups is 2. The summed E-state index contributed by atoms with van der Waals surface area (Å²) in [5.41, 5.74) is 1.75. The van der Waals surface area contributed by atoms with Gasteiger partial charge in [0.25, 0.3) is 0 Å². The van der Waals surface area contributed by atoms with E-state index in [-0.39, 0.29) is 18.8 Å². The van der Waals surface area contributed by atoms with Crippen molar-refractivity contribution in [2.45, 2.75) is 18.9 Å². The zero-order chi connectivity index (χ0) is 18.1. The molecule has 0 aliphatic carbocycles. The van der Waals surface area contributed by atoms with E-state index in [4.69, 9.17) is 21.7 Å². The third-order valence-electron chi connectivity index (χ3n) is 4.31. The van der Waals surface area contributed by atoms with Crippen LogP contribution in [0.3, 0.4) is 0 Å². The standard InChI is InChI=1S/C18H16BrNO4S/c1-23-15(21)9-8-14(18(22)24-2)20-13-5-3-4-10-12(19)7-6-11(16(10)13)17(20)25/h3-7,14H,8-9H2,1-2H3. The molecule has 3 rings (SSSR count). The van der Waals surface area contributed by atoms with E-state index < -0.39 is 12.0 Å². The first-order chi connectivity index (χ1) is 12.0. The number of halogens is 1. The van der Waals surface area contributed by atoms with Crippen LogP contribution in [0, 0.1) is 0 Å². The zero-order valence-electron chi connectivity index (χ0n) is 13.7. The average molecular weight is 422 g/mol. The number of hydrogen-bond acceptors (Lipinski definition) is 5. The van der Waals surface area contributed by atoms with E-state index >= 15 is 0 Å². The number of methoxy groups -OCH3 is 2. The molecule has 0 saturated heterocycles. The van der Waals surface area contributed by atoms with Crippen LogP contribution < -0.4 is 4.90 Å². The minimum atomic E-state index is -0.687. The third-order valence-corrected chi connectivity index (χ3v) is 5.42. The fourth-order valence-electron chi connectivity index (χ4n) is 3.12. The second kappa shape index (κ2) is 7.09. The van der Waals surface area contributed by atoms with Crippen molar-refractivity contribution in [2.24, 2.45) is 0 Å². The van der Waals surface area contributed by atoms with Crippen molar-refractivity contribution >= 4 is 61.5 Å². The van der Waals surface area contributed by atoms with Crippen LogP contribution in [0.2, 0.25) is 0 Å². The Morgan fingerprint density at radius 2 is 1.96 bits per heavy atom. The fraction of sp³-hybridized carbons (Fsp3) is 0.278. The predicted molar refractivity (Wildman–Crippen MR) is 103 cm³/mol. The van der Waals surface area contributed by atoms with Crippen molar-refractivity contribution in [1.82, 2.24) is 0 Å². The number of hydrogen-bond donors (Lipinski definition) is 0. The summed E-state index contributed by atoms with van der Waals surface area (Å²) in [6.07, 6.45) is 0.358. The highest BCUT2D eigenvalue weighted by Gasteiger charge is 2.37. The quantitative estimate of drug-likeness (QED) is 0.542. The number of nitrogens with zero attached hydrogens (tertiary/aromatic N) is 1. The van der Waals surface area contributed by atoms with Gasteiger partial charge in [0.15, 0.2) is 0 Å². The maximum Gasteiger partial charge on any atom is 0.328 e. The van der Waals surface area contributed by atoms with Crippen molar-refractivity contribution < 1.29 is 19.1 Å². The lowest BCUT2D eigenvalue weighted by atomic mass is 10.1. The Bertz CT molecular complexity index is 883. The number of anilines is 1. The molecule has 1 unspecified atom stereocenters. The molecule has 0 bridgehead atoms. The monoisotopic (exact) mass is 421 g/mol. The molecule has 1 aliphatic heterocycles. The summed E-state index contributed by atoms with van der Waals surface area (Å²) in [7, 11) is 2.65. The molecular formula is C18H16BrNO4S. The molecule has 1 aliphatic rings. The molecule has 0 fully saturated rings. The summed E-state index contributed by atoms with van der Waals surface area (Å²) in [6.45, 7) is 0. The molecule has 1 heterocycles. The van der Waals surface area contributed by atoms with Gasteiger partial charge in [0.05, 0.1) is 19.9 Å². The van der Waals surface area contributed by atoms with Crippen LogP contribution in [0.1, 0.15) is 18.4 Å². The molecule has 2 aromatic carbocycles. The van der Waals surface area contributed by atoms with E-state index in [0.717, 1.165) is 26.5 Å². The molecular weight excluding hydrogens is 406 g/mol. The summed E-state index contributed by atoms with van der Waals surface area (Å²) in [5.74, 6) is -0.812. The normalized spacial score (nSPS) is 13.9. The van der Waals surface area contributed by atoms with Crippen molar-refractivity contribution in [3.63, 3.8) is 0 Å². The molecule has 7 heteroatoms. The molecule has 0 N–H and O–H groups in total. The third kappa shape index (κ3) is 3.02. The lowest BCUT2D eigenvalue weighted by Gasteiger charge is -2.28. The van der Waals surface area contributed by atoms with Crippen molar-refractivity contribution in [1.29, 1.82) is 0 Å². The summed E-state index contributed by atoms with van der Waals surface area (Å²) in [6, 6.07) is 9.03. The van der Waals surface area contributed by atoms with Gasteiger partial charge in [-0.3, -0.25) is 4.79 Å². The molecule has 0 amide bonds. The highest BCUT2D eigenvalue weighted by atomic mass is 79.9. The van der Waals surface area contributed by atoms with Gasteiger partial charge in [-0.05, 0) is 23.9 Å². The van der Waals surface area contributed by atoms with Gasteiger partial charge >= 0.3 is 11.9 Å². The molecule has 1 atom stereocenters. The van der Waals surface area contributed by atoms with E-state index in [1.54, 1.807) is 4.90 Å². The van der Waals surface area contributed by atoms with Crippen LogP contribution in [0.15, 0.2) is 34.8 Å². The number of esters is 2. The van der Waals surface area contributed by atoms with Crippen LogP contribution in [-0.4, -0.2) is 37.2 Å². The molecule has 2 aromatic rings. The van der Waals surface area contributed by atoms with E-state index in [1.807, 2.05) is 30.3 Å². The first-order valence-corrected chi connectivity index (χ1v) is 8.89. The molecule has 0 aromatic heterocycles. The Kier molecular flexibility index (Phi) is 5.06. The minimum absolute atomic E-state index is 0.103. The predicted octanol–water partition coefficient (Wildman–Crippen LogP) is 3.59. The SMILES string of the molecule is COC(=O)CCC(C(=O)OC)N1C(=S)c2ccc(Br)c3cccc1c23. The van der Waals surface area contributed by atoms with Crippen molar-refractivity contribution in [3.05, 3.63) is 40.4 Å². The first kappa shape index (κ1) is 17.8. The van der Waals surface area contributed by atoms with Gasteiger partial charge < -0.3 is 14.4 Å². The van der Waals surface area contributed by atoms with Crippen LogP contribution in [-0.2, 0) is 19.1 Å². The van der Waals surface area contributed by atoms with E-state index in [2.05, 4.69) is 15.9 Å². The molecule has 5 nitrogen and oxygen atoms in total. The highest BCUT2D eigenvalue weighted by molar-refractivity contribution is 9.10. The van der Waals surface area contributed by atoms with Crippen molar-refractivity contribution in [2.75, 3.05) is 19.1 Å². The lowest BCUT2D eigenvalue weighted by Crippen LogP contribution is -2.44. The van der Waals surface area contributed by atoms with Crippen LogP contribution >= 0.6 is 28.1 Å². The van der Waals surface area contributed by atoms with E-state index in [0.29, 0.717) is 4.99 Å². The Balaban J connectivity index is 2.07. The number of benzene rings is 2. The van der Waals surface area contributed by atoms with Crippen LogP contribution in [0.5, 0.6) is 0 Å². The number of ether oxygens (including phenoxy) is 2. The maximum atomic E-state index is 12.4. The Labute approximate surface area is 159 Å². The maximum absolute atomic E-state index is 12.4. The molecule has 0 spiro atoms. The number of thiocarbonyl (C=S) groups is 1. The van der Waals surface area contributed by atoms with Gasteiger partial charge in [0.2, 0.25) is 0 Å².